The summed E-state index contributed by atoms with van der Waals surface area (Å²) in [5.41, 5.74) is 4.11. The predicted molar refractivity (Wildman–Crippen MR) is 125 cm³/mol. The van der Waals surface area contributed by atoms with Gasteiger partial charge in [0.15, 0.2) is 0 Å². The van der Waals surface area contributed by atoms with E-state index in [-0.39, 0.29) is 18.8 Å². The largest absolute Gasteiger partial charge is 0.508 e. The van der Waals surface area contributed by atoms with Crippen molar-refractivity contribution in [2.24, 2.45) is 0 Å². The molecule has 0 unspecified atom stereocenters. The van der Waals surface area contributed by atoms with Gasteiger partial charge in [0, 0.05) is 17.0 Å². The summed E-state index contributed by atoms with van der Waals surface area (Å²) >= 11 is 0. The van der Waals surface area contributed by atoms with Crippen molar-refractivity contribution >= 4 is 16.9 Å². The third kappa shape index (κ3) is 5.41. The van der Waals surface area contributed by atoms with E-state index < -0.39 is 5.97 Å². The molecular weight excluding hydrogens is 418 g/mol. The van der Waals surface area contributed by atoms with Gasteiger partial charge in [0.25, 0.3) is 0 Å². The number of rotatable bonds is 8. The highest BCUT2D eigenvalue weighted by atomic mass is 16.5. The standard InChI is InChI=1S/C27H25NO5/c1-18-25(17-32-22-13-20(12-21(29)15-22)14-26(30)31-2)28-24-11-7-6-10-23(24)27(18)33-16-19-8-4-3-5-9-19/h3-13,15,29H,14,16-17H2,1-2H3. The third-order valence-corrected chi connectivity index (χ3v) is 5.31. The Morgan fingerprint density at radius 3 is 2.45 bits per heavy atom. The molecule has 4 rings (SSSR count). The molecule has 0 radical (unpaired) electrons. The van der Waals surface area contributed by atoms with Gasteiger partial charge in [-0.25, -0.2) is 4.98 Å². The van der Waals surface area contributed by atoms with Crippen LogP contribution in [0.1, 0.15) is 22.4 Å². The molecule has 0 aliphatic heterocycles. The number of phenols is 1. The summed E-state index contributed by atoms with van der Waals surface area (Å²) in [5, 5.41) is 11.0. The summed E-state index contributed by atoms with van der Waals surface area (Å²) in [6.07, 6.45) is 0.0476. The lowest BCUT2D eigenvalue weighted by Gasteiger charge is -2.16. The van der Waals surface area contributed by atoms with Gasteiger partial charge in [-0.3, -0.25) is 4.79 Å². The number of aromatic hydroxyl groups is 1. The van der Waals surface area contributed by atoms with Gasteiger partial charge in [-0.1, -0.05) is 42.5 Å². The fraction of sp³-hybridized carbons (Fsp3) is 0.185. The van der Waals surface area contributed by atoms with E-state index in [1.165, 1.54) is 19.2 Å². The number of phenolic OH excluding ortho intramolecular Hbond substituents is 1. The molecule has 1 aromatic heterocycles. The Morgan fingerprint density at radius 2 is 1.67 bits per heavy atom. The second-order valence-electron chi connectivity index (χ2n) is 7.68. The van der Waals surface area contributed by atoms with Crippen molar-refractivity contribution in [3.8, 4) is 17.2 Å². The lowest BCUT2D eigenvalue weighted by Crippen LogP contribution is -2.07. The highest BCUT2D eigenvalue weighted by molar-refractivity contribution is 5.86. The van der Waals surface area contributed by atoms with Gasteiger partial charge in [0.2, 0.25) is 0 Å². The Labute approximate surface area is 192 Å². The molecule has 3 aromatic carbocycles. The van der Waals surface area contributed by atoms with Crippen LogP contribution in [0.3, 0.4) is 0 Å². The number of hydrogen-bond donors (Lipinski definition) is 1. The van der Waals surface area contributed by atoms with E-state index in [4.69, 9.17) is 19.2 Å². The maximum atomic E-state index is 11.6. The normalized spacial score (nSPS) is 10.7. The molecule has 33 heavy (non-hydrogen) atoms. The van der Waals surface area contributed by atoms with E-state index in [9.17, 15) is 9.90 Å². The van der Waals surface area contributed by atoms with Gasteiger partial charge >= 0.3 is 5.97 Å². The van der Waals surface area contributed by atoms with E-state index in [2.05, 4.69) is 0 Å². The Bertz CT molecular complexity index is 1270. The maximum Gasteiger partial charge on any atom is 0.309 e. The van der Waals surface area contributed by atoms with Gasteiger partial charge < -0.3 is 19.3 Å². The number of carbonyl (C=O) groups excluding carboxylic acids is 1. The molecule has 1 heterocycles. The summed E-state index contributed by atoms with van der Waals surface area (Å²) in [6.45, 7) is 2.59. The number of fused-ring (bicyclic) bond motifs is 1. The summed E-state index contributed by atoms with van der Waals surface area (Å²) in [6, 6.07) is 22.6. The van der Waals surface area contributed by atoms with E-state index >= 15 is 0 Å². The van der Waals surface area contributed by atoms with Crippen LogP contribution in [0.5, 0.6) is 17.2 Å². The van der Waals surface area contributed by atoms with Crippen LogP contribution in [0.2, 0.25) is 0 Å². The molecule has 0 atom stereocenters. The Hall–Kier alpha value is -4.06. The lowest BCUT2D eigenvalue weighted by molar-refractivity contribution is -0.139. The van der Waals surface area contributed by atoms with Gasteiger partial charge in [-0.15, -0.1) is 0 Å². The number of pyridine rings is 1. The number of carbonyl (C=O) groups is 1. The zero-order valence-corrected chi connectivity index (χ0v) is 18.6. The average Bonchev–Trinajstić information content (AvgIpc) is 2.82. The number of ether oxygens (including phenoxy) is 3. The molecule has 0 bridgehead atoms. The Kier molecular flexibility index (Phi) is 6.74. The SMILES string of the molecule is COC(=O)Cc1cc(O)cc(OCc2nc3ccccc3c(OCc3ccccc3)c2C)c1. The van der Waals surface area contributed by atoms with E-state index in [1.54, 1.807) is 6.07 Å². The van der Waals surface area contributed by atoms with Crippen LogP contribution < -0.4 is 9.47 Å². The fourth-order valence-electron chi connectivity index (χ4n) is 3.60. The number of aromatic nitrogens is 1. The highest BCUT2D eigenvalue weighted by Gasteiger charge is 2.15. The monoisotopic (exact) mass is 443 g/mol. The molecule has 1 N–H and O–H groups in total. The van der Waals surface area contributed by atoms with Crippen LogP contribution in [0.4, 0.5) is 0 Å². The Balaban J connectivity index is 1.59. The first-order valence-corrected chi connectivity index (χ1v) is 10.6. The van der Waals surface area contributed by atoms with E-state index in [0.717, 1.165) is 33.5 Å². The maximum absolute atomic E-state index is 11.6. The molecular formula is C27H25NO5. The van der Waals surface area contributed by atoms with Crippen LogP contribution in [0.15, 0.2) is 72.8 Å². The van der Waals surface area contributed by atoms with Crippen LogP contribution in [0.25, 0.3) is 10.9 Å². The number of hydrogen-bond acceptors (Lipinski definition) is 6. The van der Waals surface area contributed by atoms with Crippen molar-refractivity contribution in [2.75, 3.05) is 7.11 Å². The van der Waals surface area contributed by atoms with Crippen molar-refractivity contribution < 1.29 is 24.1 Å². The molecule has 0 aliphatic rings. The number of esters is 1. The van der Waals surface area contributed by atoms with Crippen molar-refractivity contribution in [3.05, 3.63) is 95.2 Å². The summed E-state index contributed by atoms with van der Waals surface area (Å²) in [5.74, 6) is 0.834. The smallest absolute Gasteiger partial charge is 0.309 e. The molecule has 0 saturated carbocycles. The molecule has 0 amide bonds. The molecule has 0 fully saturated rings. The van der Waals surface area contributed by atoms with E-state index in [0.29, 0.717) is 17.9 Å². The predicted octanol–water partition coefficient (Wildman–Crippen LogP) is 5.12. The average molecular weight is 443 g/mol. The van der Waals surface area contributed by atoms with Crippen molar-refractivity contribution in [1.29, 1.82) is 0 Å². The molecule has 4 aromatic rings. The highest BCUT2D eigenvalue weighted by Crippen LogP contribution is 2.32. The molecule has 0 spiro atoms. The minimum atomic E-state index is -0.390. The topological polar surface area (TPSA) is 77.9 Å². The summed E-state index contributed by atoms with van der Waals surface area (Å²) in [4.78, 5) is 16.4. The van der Waals surface area contributed by atoms with Gasteiger partial charge in [0.1, 0.15) is 30.5 Å². The minimum absolute atomic E-state index is 0.0153. The summed E-state index contributed by atoms with van der Waals surface area (Å²) in [7, 11) is 1.33. The van der Waals surface area contributed by atoms with Crippen molar-refractivity contribution in [1.82, 2.24) is 4.98 Å². The molecule has 168 valence electrons. The quantitative estimate of drug-likeness (QED) is 0.381. The van der Waals surface area contributed by atoms with Crippen LogP contribution in [-0.2, 0) is 29.2 Å². The molecule has 6 heteroatoms. The number of methoxy groups -OCH3 is 1. The van der Waals surface area contributed by atoms with Crippen molar-refractivity contribution in [2.45, 2.75) is 26.6 Å². The number of benzene rings is 3. The fourth-order valence-corrected chi connectivity index (χ4v) is 3.60. The first kappa shape index (κ1) is 22.1. The zero-order valence-electron chi connectivity index (χ0n) is 18.6. The second kappa shape index (κ2) is 10.0. The van der Waals surface area contributed by atoms with Gasteiger partial charge in [0.05, 0.1) is 24.7 Å². The number of para-hydroxylation sites is 1. The molecule has 0 saturated heterocycles. The molecule has 0 aliphatic carbocycles. The second-order valence-corrected chi connectivity index (χ2v) is 7.68. The van der Waals surface area contributed by atoms with Gasteiger partial charge in [-0.2, -0.15) is 0 Å². The van der Waals surface area contributed by atoms with Crippen LogP contribution >= 0.6 is 0 Å². The number of nitrogens with zero attached hydrogens (tertiary/aromatic N) is 1. The zero-order chi connectivity index (χ0) is 23.2. The minimum Gasteiger partial charge on any atom is -0.508 e. The van der Waals surface area contributed by atoms with Crippen LogP contribution in [-0.4, -0.2) is 23.2 Å². The third-order valence-electron chi connectivity index (χ3n) is 5.31. The van der Waals surface area contributed by atoms with Crippen LogP contribution in [0, 0.1) is 6.92 Å². The first-order valence-electron chi connectivity index (χ1n) is 10.6. The molecule has 6 nitrogen and oxygen atoms in total. The Morgan fingerprint density at radius 1 is 0.909 bits per heavy atom. The summed E-state index contributed by atoms with van der Waals surface area (Å²) < 4.78 is 16.9. The first-order chi connectivity index (χ1) is 16.0. The van der Waals surface area contributed by atoms with Crippen molar-refractivity contribution in [3.63, 3.8) is 0 Å². The van der Waals surface area contributed by atoms with Gasteiger partial charge in [-0.05, 0) is 42.3 Å². The van der Waals surface area contributed by atoms with E-state index in [1.807, 2.05) is 61.5 Å². The lowest BCUT2D eigenvalue weighted by atomic mass is 10.1.